The van der Waals surface area contributed by atoms with Crippen LogP contribution in [0, 0.1) is 34.1 Å². The number of nitrogens with one attached hydrogen (secondary N) is 2. The smallest absolute Gasteiger partial charge is 0.259 e. The average Bonchev–Trinajstić information content (AvgIpc) is 3.85. The molecule has 14 heteroatoms. The van der Waals surface area contributed by atoms with Crippen LogP contribution in [0.5, 0.6) is 0 Å². The Morgan fingerprint density at radius 2 is 0.852 bits per heavy atom. The predicted octanol–water partition coefficient (Wildman–Crippen LogP) is 8.00. The summed E-state index contributed by atoms with van der Waals surface area (Å²) >= 11 is 0. The molecule has 0 spiro atoms. The van der Waals surface area contributed by atoms with Gasteiger partial charge in [-0.2, -0.15) is 20.5 Å². The zero-order valence-electron chi connectivity index (χ0n) is 29.1. The van der Waals surface area contributed by atoms with E-state index in [4.69, 9.17) is 10.2 Å². The Morgan fingerprint density at radius 3 is 1.19 bits per heavy atom. The van der Waals surface area contributed by atoms with E-state index >= 15 is 0 Å². The van der Waals surface area contributed by atoms with E-state index in [1.54, 1.807) is 34.5 Å². The molecule has 2 N–H and O–H groups in total. The van der Waals surface area contributed by atoms with E-state index < -0.39 is 9.85 Å². The monoisotopic (exact) mass is 716 g/mol. The summed E-state index contributed by atoms with van der Waals surface area (Å²) in [5.41, 5.74) is 15.5. The molecule has 0 aromatic heterocycles. The van der Waals surface area contributed by atoms with Gasteiger partial charge in [0, 0.05) is 35.4 Å². The van der Waals surface area contributed by atoms with Gasteiger partial charge in [-0.1, -0.05) is 72.8 Å². The Bertz CT molecular complexity index is 2270. The number of rotatable bonds is 9. The molecule has 0 radical (unpaired) electrons. The molecule has 2 heterocycles. The van der Waals surface area contributed by atoms with Gasteiger partial charge in [0.15, 0.2) is 11.7 Å². The number of nitro benzene ring substituents is 2. The maximum Gasteiger partial charge on any atom is 0.269 e. The van der Waals surface area contributed by atoms with Crippen LogP contribution in [0.1, 0.15) is 22.3 Å². The summed E-state index contributed by atoms with van der Waals surface area (Å²) in [6.45, 7) is 4.05. The molecule has 0 atom stereocenters. The third-order valence-electron chi connectivity index (χ3n) is 9.05. The van der Waals surface area contributed by atoms with Gasteiger partial charge in [0.2, 0.25) is 0 Å². The fourth-order valence-corrected chi connectivity index (χ4v) is 6.29. The number of nitrogens with zero attached hydrogens (tertiary/aromatic N) is 8. The van der Waals surface area contributed by atoms with Crippen LogP contribution in [0.15, 0.2) is 156 Å². The third-order valence-corrected chi connectivity index (χ3v) is 9.05. The Morgan fingerprint density at radius 1 is 0.481 bits per heavy atom. The van der Waals surface area contributed by atoms with Crippen LogP contribution in [-0.2, 0) is 0 Å². The van der Waals surface area contributed by atoms with E-state index in [2.05, 4.69) is 23.0 Å². The highest BCUT2D eigenvalue weighted by Crippen LogP contribution is 2.35. The molecule has 0 saturated carbocycles. The van der Waals surface area contributed by atoms with Crippen molar-refractivity contribution in [2.45, 2.75) is 13.8 Å². The van der Waals surface area contributed by atoms with Crippen molar-refractivity contribution in [3.8, 4) is 11.1 Å². The second-order valence-electron chi connectivity index (χ2n) is 12.6. The van der Waals surface area contributed by atoms with Crippen LogP contribution in [0.3, 0.4) is 0 Å². The maximum absolute atomic E-state index is 11.3. The van der Waals surface area contributed by atoms with Crippen molar-refractivity contribution >= 4 is 45.8 Å². The molecule has 14 nitrogen and oxygen atoms in total. The van der Waals surface area contributed by atoms with Gasteiger partial charge in [-0.15, -0.1) is 10.2 Å². The largest absolute Gasteiger partial charge is 0.269 e. The normalized spacial score (nSPS) is 13.7. The molecule has 6 aromatic rings. The molecule has 0 fully saturated rings. The van der Waals surface area contributed by atoms with Crippen LogP contribution < -0.4 is 31.3 Å². The standard InChI is InChI=1S/C40H32N10O4/c1-27-25-31(13-23-37(27)47-43-39(29-9-5-3-6-10-29)41-45(47)33-15-19-35(20-16-33)49(51)52)32-14-24-38(28(2)26-32)48-44-40(30-11-7-4-8-12-30)42-46(48)34-17-21-36(22-18-34)50(53)54/h3-26H,1-2H3,(H,41,43)(H,42,44). The lowest BCUT2D eigenvalue weighted by Gasteiger charge is -2.30. The van der Waals surface area contributed by atoms with E-state index in [0.29, 0.717) is 23.0 Å². The van der Waals surface area contributed by atoms with Crippen molar-refractivity contribution in [3.63, 3.8) is 0 Å². The van der Waals surface area contributed by atoms with Crippen molar-refractivity contribution in [2.75, 3.05) is 20.5 Å². The van der Waals surface area contributed by atoms with Gasteiger partial charge >= 0.3 is 0 Å². The van der Waals surface area contributed by atoms with E-state index in [9.17, 15) is 20.2 Å². The van der Waals surface area contributed by atoms with Crippen LogP contribution in [-0.4, -0.2) is 21.5 Å². The maximum atomic E-state index is 11.3. The number of hydrogen-bond donors (Lipinski definition) is 2. The number of non-ortho nitro benzene ring substituents is 2. The van der Waals surface area contributed by atoms with E-state index in [0.717, 1.165) is 44.8 Å². The van der Waals surface area contributed by atoms with Gasteiger partial charge in [0.25, 0.3) is 11.4 Å². The van der Waals surface area contributed by atoms with Crippen molar-refractivity contribution in [1.29, 1.82) is 0 Å². The first-order valence-corrected chi connectivity index (χ1v) is 17.0. The molecular formula is C40H32N10O4. The van der Waals surface area contributed by atoms with E-state index in [1.165, 1.54) is 24.3 Å². The lowest BCUT2D eigenvalue weighted by Crippen LogP contribution is -2.45. The summed E-state index contributed by atoms with van der Waals surface area (Å²) < 4.78 is 0. The fourth-order valence-electron chi connectivity index (χ4n) is 6.29. The van der Waals surface area contributed by atoms with Crippen molar-refractivity contribution < 1.29 is 9.85 Å². The summed E-state index contributed by atoms with van der Waals surface area (Å²) in [6.07, 6.45) is 0. The van der Waals surface area contributed by atoms with Crippen molar-refractivity contribution in [2.24, 2.45) is 10.2 Å². The molecule has 0 aliphatic carbocycles. The number of amidine groups is 2. The number of aryl methyl sites for hydroxylation is 2. The molecule has 0 amide bonds. The van der Waals surface area contributed by atoms with E-state index in [-0.39, 0.29) is 11.4 Å². The molecule has 8 rings (SSSR count). The molecular weight excluding hydrogens is 685 g/mol. The topological polar surface area (TPSA) is 148 Å². The van der Waals surface area contributed by atoms with Gasteiger partial charge in [-0.3, -0.25) is 31.1 Å². The third kappa shape index (κ3) is 6.34. The van der Waals surface area contributed by atoms with Gasteiger partial charge in [-0.05, 0) is 84.6 Å². The zero-order valence-corrected chi connectivity index (χ0v) is 29.1. The SMILES string of the molecule is Cc1cc(-c2ccc(N3NC(c4ccccc4)=NN3c3ccc([N+](=O)[O-])cc3)c(C)c2)ccc1N1NC(c2ccccc2)=NN1c1ccc([N+](=O)[O-])cc1. The summed E-state index contributed by atoms with van der Waals surface area (Å²) in [5, 5.41) is 39.4. The zero-order chi connectivity index (χ0) is 37.3. The fraction of sp³-hybridized carbons (Fsp3) is 0.0500. The van der Waals surface area contributed by atoms with Crippen LogP contribution in [0.4, 0.5) is 34.1 Å². The van der Waals surface area contributed by atoms with Crippen LogP contribution in [0.25, 0.3) is 11.1 Å². The molecule has 266 valence electrons. The number of anilines is 4. The van der Waals surface area contributed by atoms with Gasteiger partial charge < -0.3 is 0 Å². The Balaban J connectivity index is 1.09. The first kappa shape index (κ1) is 33.4. The first-order valence-electron chi connectivity index (χ1n) is 17.0. The van der Waals surface area contributed by atoms with Crippen molar-refractivity contribution in [1.82, 2.24) is 10.9 Å². The number of hydrogen-bond acceptors (Lipinski definition) is 12. The van der Waals surface area contributed by atoms with Crippen molar-refractivity contribution in [3.05, 3.63) is 188 Å². The second kappa shape index (κ2) is 13.8. The average molecular weight is 717 g/mol. The highest BCUT2D eigenvalue weighted by molar-refractivity contribution is 6.03. The van der Waals surface area contributed by atoms with Gasteiger partial charge in [-0.25, -0.2) is 0 Å². The quantitative estimate of drug-likeness (QED) is 0.111. The Labute approximate surface area is 309 Å². The number of benzene rings is 6. The summed E-state index contributed by atoms with van der Waals surface area (Å²) in [4.78, 5) is 21.8. The van der Waals surface area contributed by atoms with Gasteiger partial charge in [0.1, 0.15) is 0 Å². The highest BCUT2D eigenvalue weighted by Gasteiger charge is 2.30. The molecule has 0 unspecified atom stereocenters. The Hall–Kier alpha value is -7.74. The Kier molecular flexibility index (Phi) is 8.51. The summed E-state index contributed by atoms with van der Waals surface area (Å²) in [5.74, 6) is 1.25. The molecule has 0 bridgehead atoms. The lowest BCUT2D eigenvalue weighted by molar-refractivity contribution is -0.385. The van der Waals surface area contributed by atoms with Crippen LogP contribution >= 0.6 is 0 Å². The molecule has 2 aliphatic rings. The lowest BCUT2D eigenvalue weighted by atomic mass is 10.00. The molecule has 2 aliphatic heterocycles. The van der Waals surface area contributed by atoms with Crippen LogP contribution in [0.2, 0.25) is 0 Å². The molecule has 6 aromatic carbocycles. The molecule has 54 heavy (non-hydrogen) atoms. The summed E-state index contributed by atoms with van der Waals surface area (Å²) in [6, 6.07) is 44.3. The minimum atomic E-state index is -0.425. The van der Waals surface area contributed by atoms with Gasteiger partial charge in [0.05, 0.1) is 32.6 Å². The minimum Gasteiger partial charge on any atom is -0.259 e. The first-order chi connectivity index (χ1) is 26.2. The summed E-state index contributed by atoms with van der Waals surface area (Å²) in [7, 11) is 0. The highest BCUT2D eigenvalue weighted by atomic mass is 16.6. The second-order valence-corrected chi connectivity index (χ2v) is 12.6. The number of nitro groups is 2. The molecule has 0 saturated heterocycles. The predicted molar refractivity (Wildman–Crippen MR) is 210 cm³/mol. The minimum absolute atomic E-state index is 0.00436. The number of hydrazone groups is 2. The van der Waals surface area contributed by atoms with E-state index in [1.807, 2.05) is 109 Å². The number of hydrazine groups is 4.